The van der Waals surface area contributed by atoms with Gasteiger partial charge in [-0.1, -0.05) is 11.6 Å². The van der Waals surface area contributed by atoms with Gasteiger partial charge in [0.25, 0.3) is 0 Å². The molecule has 0 radical (unpaired) electrons. The van der Waals surface area contributed by atoms with Gasteiger partial charge in [-0.3, -0.25) is 4.79 Å². The molecule has 0 unspecified atom stereocenters. The second-order valence-electron chi connectivity index (χ2n) is 6.12. The van der Waals surface area contributed by atoms with Crippen molar-refractivity contribution in [1.82, 2.24) is 4.90 Å². The molecule has 2 N–H and O–H groups in total. The molecule has 21 heavy (non-hydrogen) atoms. The second kappa shape index (κ2) is 5.56. The largest absolute Gasteiger partial charge is 0.444 e. The number of rotatable bonds is 1. The van der Waals surface area contributed by atoms with Crippen molar-refractivity contribution in [3.8, 4) is 0 Å². The highest BCUT2D eigenvalue weighted by atomic mass is 35.5. The number of hydrogen-bond donors (Lipinski definition) is 1. The van der Waals surface area contributed by atoms with Crippen LogP contribution in [0.5, 0.6) is 0 Å². The number of carbonyl (C=O) groups excluding carboxylic acids is 2. The monoisotopic (exact) mass is 310 g/mol. The molecule has 1 aliphatic rings. The van der Waals surface area contributed by atoms with E-state index in [4.69, 9.17) is 22.1 Å². The van der Waals surface area contributed by atoms with E-state index in [-0.39, 0.29) is 11.7 Å². The van der Waals surface area contributed by atoms with Crippen LogP contribution in [0.25, 0.3) is 0 Å². The minimum atomic E-state index is -0.572. The van der Waals surface area contributed by atoms with Crippen LogP contribution in [-0.4, -0.2) is 29.0 Å². The third-order valence-corrected chi connectivity index (χ3v) is 3.53. The fourth-order valence-corrected chi connectivity index (χ4v) is 2.53. The Morgan fingerprint density at radius 3 is 2.52 bits per heavy atom. The molecule has 1 aromatic rings. The van der Waals surface area contributed by atoms with Crippen molar-refractivity contribution in [2.24, 2.45) is 5.73 Å². The first-order valence-electron chi connectivity index (χ1n) is 6.76. The van der Waals surface area contributed by atoms with E-state index in [2.05, 4.69) is 0 Å². The summed E-state index contributed by atoms with van der Waals surface area (Å²) in [7, 11) is 0. The average molecular weight is 311 g/mol. The number of nitrogens with two attached hydrogens (primary N) is 1. The Labute approximate surface area is 129 Å². The van der Waals surface area contributed by atoms with E-state index in [1.807, 2.05) is 20.8 Å². The number of primary amides is 1. The summed E-state index contributed by atoms with van der Waals surface area (Å²) in [4.78, 5) is 25.1. The normalized spacial score (nSPS) is 14.6. The predicted molar refractivity (Wildman–Crippen MR) is 80.3 cm³/mol. The number of ether oxygens (including phenoxy) is 1. The minimum absolute atomic E-state index is 0.279. The van der Waals surface area contributed by atoms with Crippen LogP contribution in [0.1, 0.15) is 42.3 Å². The first kappa shape index (κ1) is 15.6. The van der Waals surface area contributed by atoms with Gasteiger partial charge in [-0.05, 0) is 50.5 Å². The lowest BCUT2D eigenvalue weighted by atomic mass is 9.97. The molecule has 1 aliphatic heterocycles. The number of fused-ring (bicyclic) bond motifs is 1. The number of carbonyl (C=O) groups is 2. The molecule has 0 bridgehead atoms. The summed E-state index contributed by atoms with van der Waals surface area (Å²) < 4.78 is 5.36. The predicted octanol–water partition coefficient (Wildman–Crippen LogP) is 2.73. The van der Waals surface area contributed by atoms with Gasteiger partial charge in [0.1, 0.15) is 5.60 Å². The molecule has 5 nitrogen and oxygen atoms in total. The quantitative estimate of drug-likeness (QED) is 0.866. The van der Waals surface area contributed by atoms with Crippen molar-refractivity contribution in [2.75, 3.05) is 6.54 Å². The third kappa shape index (κ3) is 3.67. The van der Waals surface area contributed by atoms with Gasteiger partial charge >= 0.3 is 6.09 Å². The van der Waals surface area contributed by atoms with Crippen LogP contribution in [0.3, 0.4) is 0 Å². The van der Waals surface area contributed by atoms with E-state index >= 15 is 0 Å². The molecule has 0 saturated heterocycles. The van der Waals surface area contributed by atoms with Crippen LogP contribution in [0.15, 0.2) is 12.1 Å². The summed E-state index contributed by atoms with van der Waals surface area (Å²) in [6.07, 6.45) is 0.316. The molecule has 6 heteroatoms. The maximum Gasteiger partial charge on any atom is 0.410 e. The first-order chi connectivity index (χ1) is 9.67. The van der Waals surface area contributed by atoms with Crippen molar-refractivity contribution in [1.29, 1.82) is 0 Å². The summed E-state index contributed by atoms with van der Waals surface area (Å²) in [5.74, 6) is -0.572. The summed E-state index contributed by atoms with van der Waals surface area (Å²) in [6, 6.07) is 3.42. The van der Waals surface area contributed by atoms with Gasteiger partial charge in [0.05, 0.1) is 10.6 Å². The summed E-state index contributed by atoms with van der Waals surface area (Å²) >= 11 is 6.04. The minimum Gasteiger partial charge on any atom is -0.444 e. The van der Waals surface area contributed by atoms with Gasteiger partial charge in [0.15, 0.2) is 0 Å². The summed E-state index contributed by atoms with van der Waals surface area (Å²) in [6.45, 7) is 6.44. The zero-order valence-corrected chi connectivity index (χ0v) is 13.2. The molecule has 114 valence electrons. The molecule has 0 atom stereocenters. The van der Waals surface area contributed by atoms with Gasteiger partial charge in [-0.2, -0.15) is 0 Å². The smallest absolute Gasteiger partial charge is 0.410 e. The molecular formula is C15H19ClN2O3. The average Bonchev–Trinajstić information content (AvgIpc) is 2.35. The van der Waals surface area contributed by atoms with Gasteiger partial charge in [0, 0.05) is 13.1 Å². The highest BCUT2D eigenvalue weighted by molar-refractivity contribution is 6.33. The van der Waals surface area contributed by atoms with E-state index in [0.29, 0.717) is 24.5 Å². The Bertz CT molecular complexity index is 593. The lowest BCUT2D eigenvalue weighted by Crippen LogP contribution is -2.40. The van der Waals surface area contributed by atoms with Crippen LogP contribution in [-0.2, 0) is 17.7 Å². The fourth-order valence-electron chi connectivity index (χ4n) is 2.25. The number of amides is 2. The molecular weight excluding hydrogens is 292 g/mol. The standard InChI is InChI=1S/C15H19ClN2O3/c1-15(2,3)21-14(20)18-5-4-9-7-12(16)11(13(17)19)6-10(9)8-18/h6-7H,4-5,8H2,1-3H3,(H2,17,19). The Hall–Kier alpha value is -1.75. The molecule has 2 amide bonds. The fraction of sp³-hybridized carbons (Fsp3) is 0.467. The number of benzene rings is 1. The molecule has 0 saturated carbocycles. The number of halogens is 1. The molecule has 0 spiro atoms. The van der Waals surface area contributed by atoms with E-state index < -0.39 is 11.5 Å². The Morgan fingerprint density at radius 2 is 1.95 bits per heavy atom. The van der Waals surface area contributed by atoms with Gasteiger partial charge < -0.3 is 15.4 Å². The molecule has 1 heterocycles. The molecule has 2 rings (SSSR count). The zero-order valence-electron chi connectivity index (χ0n) is 12.4. The Balaban J connectivity index is 2.22. The van der Waals surface area contributed by atoms with Gasteiger partial charge in [-0.25, -0.2) is 4.79 Å². The molecule has 0 aliphatic carbocycles. The second-order valence-corrected chi connectivity index (χ2v) is 6.52. The lowest BCUT2D eigenvalue weighted by Gasteiger charge is -2.31. The maximum absolute atomic E-state index is 12.1. The molecule has 0 aromatic heterocycles. The van der Waals surface area contributed by atoms with E-state index in [1.165, 1.54) is 0 Å². The highest BCUT2D eigenvalue weighted by Crippen LogP contribution is 2.27. The van der Waals surface area contributed by atoms with Gasteiger partial charge in [0.2, 0.25) is 5.91 Å². The highest BCUT2D eigenvalue weighted by Gasteiger charge is 2.26. The SMILES string of the molecule is CC(C)(C)OC(=O)N1CCc2cc(Cl)c(C(N)=O)cc2C1. The topological polar surface area (TPSA) is 72.6 Å². The maximum atomic E-state index is 12.1. The number of hydrogen-bond acceptors (Lipinski definition) is 3. The molecule has 0 fully saturated rings. The van der Waals surface area contributed by atoms with Crippen LogP contribution >= 0.6 is 11.6 Å². The van der Waals surface area contributed by atoms with E-state index in [0.717, 1.165) is 11.1 Å². The van der Waals surface area contributed by atoms with Crippen molar-refractivity contribution in [3.63, 3.8) is 0 Å². The third-order valence-electron chi connectivity index (χ3n) is 3.22. The Kier molecular flexibility index (Phi) is 4.14. The first-order valence-corrected chi connectivity index (χ1v) is 7.14. The molecule has 1 aromatic carbocycles. The van der Waals surface area contributed by atoms with Crippen LogP contribution in [0.2, 0.25) is 5.02 Å². The van der Waals surface area contributed by atoms with Gasteiger partial charge in [-0.15, -0.1) is 0 Å². The van der Waals surface area contributed by atoms with Crippen molar-refractivity contribution in [2.45, 2.75) is 39.3 Å². The van der Waals surface area contributed by atoms with Crippen LogP contribution in [0, 0.1) is 0 Å². The van der Waals surface area contributed by atoms with Crippen molar-refractivity contribution >= 4 is 23.6 Å². The van der Waals surface area contributed by atoms with E-state index in [1.54, 1.807) is 17.0 Å². The van der Waals surface area contributed by atoms with Crippen LogP contribution < -0.4 is 5.73 Å². The van der Waals surface area contributed by atoms with Crippen molar-refractivity contribution < 1.29 is 14.3 Å². The Morgan fingerprint density at radius 1 is 1.29 bits per heavy atom. The lowest BCUT2D eigenvalue weighted by molar-refractivity contribution is 0.0224. The summed E-state index contributed by atoms with van der Waals surface area (Å²) in [5.41, 5.74) is 6.96. The number of nitrogens with zero attached hydrogens (tertiary/aromatic N) is 1. The van der Waals surface area contributed by atoms with E-state index in [9.17, 15) is 9.59 Å². The summed E-state index contributed by atoms with van der Waals surface area (Å²) in [5, 5.41) is 0.354. The zero-order chi connectivity index (χ0) is 15.8. The van der Waals surface area contributed by atoms with Crippen molar-refractivity contribution in [3.05, 3.63) is 33.8 Å². The van der Waals surface area contributed by atoms with Crippen LogP contribution in [0.4, 0.5) is 4.79 Å².